The van der Waals surface area contributed by atoms with Gasteiger partial charge in [-0.05, 0) is 36.4 Å². The quantitative estimate of drug-likeness (QED) is 0.882. The fraction of sp³-hybridized carbons (Fsp3) is 0.267. The monoisotopic (exact) mass is 278 g/mol. The van der Waals surface area contributed by atoms with Gasteiger partial charge in [0.15, 0.2) is 17.4 Å². The van der Waals surface area contributed by atoms with E-state index in [1.165, 1.54) is 12.1 Å². The highest BCUT2D eigenvalue weighted by atomic mass is 19.1. The molecule has 2 aromatic rings. The van der Waals surface area contributed by atoms with Crippen LogP contribution in [0.25, 0.3) is 0 Å². The van der Waals surface area contributed by atoms with Gasteiger partial charge in [-0.1, -0.05) is 6.07 Å². The van der Waals surface area contributed by atoms with Crippen LogP contribution >= 0.6 is 0 Å². The lowest BCUT2D eigenvalue weighted by Crippen LogP contribution is -2.08. The molecule has 1 N–H and O–H groups in total. The zero-order chi connectivity index (χ0) is 14.4. The van der Waals surface area contributed by atoms with Gasteiger partial charge in [0, 0.05) is 25.4 Å². The Morgan fingerprint density at radius 2 is 1.95 bits per heavy atom. The maximum Gasteiger partial charge on any atom is 0.190 e. The first-order chi connectivity index (χ1) is 9.70. The Balaban J connectivity index is 1.99. The van der Waals surface area contributed by atoms with Crippen molar-refractivity contribution in [2.75, 3.05) is 13.7 Å². The van der Waals surface area contributed by atoms with Gasteiger partial charge in [-0.2, -0.15) is 0 Å². The number of halogens is 2. The standard InChI is InChI=1S/C15H16F2N2O/c1-18-9-12-7-13(16)15(14(17)8-12)20-6-4-11-3-2-5-19-10-11/h2-3,5,7-8,10,18H,4,6,9H2,1H3. The molecule has 0 saturated carbocycles. The first-order valence-corrected chi connectivity index (χ1v) is 6.35. The van der Waals surface area contributed by atoms with Crippen LogP contribution in [0, 0.1) is 11.6 Å². The van der Waals surface area contributed by atoms with Gasteiger partial charge in [-0.25, -0.2) is 8.78 Å². The van der Waals surface area contributed by atoms with Crippen molar-refractivity contribution in [2.24, 2.45) is 0 Å². The second-order valence-electron chi connectivity index (χ2n) is 4.38. The molecule has 1 aromatic heterocycles. The van der Waals surface area contributed by atoms with E-state index >= 15 is 0 Å². The molecule has 0 radical (unpaired) electrons. The third-order valence-electron chi connectivity index (χ3n) is 2.80. The van der Waals surface area contributed by atoms with Crippen molar-refractivity contribution >= 4 is 0 Å². The van der Waals surface area contributed by atoms with E-state index in [-0.39, 0.29) is 12.4 Å². The van der Waals surface area contributed by atoms with Crippen molar-refractivity contribution in [2.45, 2.75) is 13.0 Å². The Labute approximate surface area is 116 Å². The summed E-state index contributed by atoms with van der Waals surface area (Å²) in [5.41, 5.74) is 1.50. The predicted molar refractivity (Wildman–Crippen MR) is 72.6 cm³/mol. The molecule has 0 spiro atoms. The Kier molecular flexibility index (Phi) is 5.01. The number of benzene rings is 1. The van der Waals surface area contributed by atoms with E-state index in [1.807, 2.05) is 12.1 Å². The topological polar surface area (TPSA) is 34.1 Å². The summed E-state index contributed by atoms with van der Waals surface area (Å²) in [6, 6.07) is 6.25. The van der Waals surface area contributed by atoms with Crippen molar-refractivity contribution < 1.29 is 13.5 Å². The second-order valence-corrected chi connectivity index (χ2v) is 4.38. The second kappa shape index (κ2) is 6.96. The van der Waals surface area contributed by atoms with E-state index in [1.54, 1.807) is 19.4 Å². The van der Waals surface area contributed by atoms with Gasteiger partial charge in [0.1, 0.15) is 0 Å². The summed E-state index contributed by atoms with van der Waals surface area (Å²) in [6.45, 7) is 0.606. The minimum absolute atomic E-state index is 0.199. The average Bonchev–Trinajstić information content (AvgIpc) is 2.43. The molecule has 0 amide bonds. The molecule has 0 unspecified atom stereocenters. The summed E-state index contributed by atoms with van der Waals surface area (Å²) >= 11 is 0. The molecular formula is C15H16F2N2O. The highest BCUT2D eigenvalue weighted by molar-refractivity contribution is 5.31. The number of nitrogens with one attached hydrogen (secondary N) is 1. The lowest BCUT2D eigenvalue weighted by molar-refractivity contribution is 0.288. The van der Waals surface area contributed by atoms with Crippen molar-refractivity contribution in [3.63, 3.8) is 0 Å². The van der Waals surface area contributed by atoms with Crippen LogP contribution in [-0.4, -0.2) is 18.6 Å². The fourth-order valence-corrected chi connectivity index (χ4v) is 1.87. The van der Waals surface area contributed by atoms with Crippen LogP contribution in [0.1, 0.15) is 11.1 Å². The normalized spacial score (nSPS) is 10.6. The Hall–Kier alpha value is -2.01. The molecule has 2 rings (SSSR count). The predicted octanol–water partition coefficient (Wildman–Crippen LogP) is 2.70. The Bertz CT molecular complexity index is 538. The molecule has 106 valence electrons. The first-order valence-electron chi connectivity index (χ1n) is 6.35. The molecule has 5 heteroatoms. The molecule has 1 aromatic carbocycles. The van der Waals surface area contributed by atoms with E-state index in [2.05, 4.69) is 10.3 Å². The molecule has 0 saturated heterocycles. The van der Waals surface area contributed by atoms with Crippen molar-refractivity contribution in [3.8, 4) is 5.75 Å². The SMILES string of the molecule is CNCc1cc(F)c(OCCc2cccnc2)c(F)c1. The van der Waals surface area contributed by atoms with E-state index in [0.29, 0.717) is 18.5 Å². The third-order valence-corrected chi connectivity index (χ3v) is 2.80. The molecule has 0 fully saturated rings. The number of hydrogen-bond acceptors (Lipinski definition) is 3. The smallest absolute Gasteiger partial charge is 0.190 e. The molecule has 3 nitrogen and oxygen atoms in total. The van der Waals surface area contributed by atoms with Crippen molar-refractivity contribution in [1.82, 2.24) is 10.3 Å². The van der Waals surface area contributed by atoms with Crippen LogP contribution in [0.4, 0.5) is 8.78 Å². The van der Waals surface area contributed by atoms with Gasteiger partial charge in [0.25, 0.3) is 0 Å². The lowest BCUT2D eigenvalue weighted by Gasteiger charge is -2.10. The van der Waals surface area contributed by atoms with E-state index in [9.17, 15) is 8.78 Å². The highest BCUT2D eigenvalue weighted by Crippen LogP contribution is 2.23. The van der Waals surface area contributed by atoms with Gasteiger partial charge >= 0.3 is 0 Å². The largest absolute Gasteiger partial charge is 0.487 e. The minimum atomic E-state index is -0.679. The van der Waals surface area contributed by atoms with E-state index in [4.69, 9.17) is 4.74 Å². The summed E-state index contributed by atoms with van der Waals surface area (Å²) < 4.78 is 32.7. The maximum absolute atomic E-state index is 13.8. The molecule has 0 bridgehead atoms. The third kappa shape index (κ3) is 3.74. The number of ether oxygens (including phenoxy) is 1. The van der Waals surface area contributed by atoms with Gasteiger partial charge < -0.3 is 10.1 Å². The number of hydrogen-bond donors (Lipinski definition) is 1. The van der Waals surface area contributed by atoms with Gasteiger partial charge in [-0.15, -0.1) is 0 Å². The zero-order valence-corrected chi connectivity index (χ0v) is 11.2. The molecule has 0 aliphatic rings. The van der Waals surface area contributed by atoms with Crippen molar-refractivity contribution in [3.05, 3.63) is 59.4 Å². The Morgan fingerprint density at radius 1 is 1.20 bits per heavy atom. The summed E-state index contributed by atoms with van der Waals surface area (Å²) in [4.78, 5) is 3.97. The van der Waals surface area contributed by atoms with Gasteiger partial charge in [0.05, 0.1) is 6.61 Å². The maximum atomic E-state index is 13.8. The molecule has 0 atom stereocenters. The lowest BCUT2D eigenvalue weighted by atomic mass is 10.2. The summed E-state index contributed by atoms with van der Waals surface area (Å²) in [5.74, 6) is -1.68. The van der Waals surface area contributed by atoms with Crippen LogP contribution in [-0.2, 0) is 13.0 Å². The van der Waals surface area contributed by atoms with E-state index in [0.717, 1.165) is 5.56 Å². The summed E-state index contributed by atoms with van der Waals surface area (Å²) in [5, 5.41) is 2.84. The number of aromatic nitrogens is 1. The molecule has 20 heavy (non-hydrogen) atoms. The zero-order valence-electron chi connectivity index (χ0n) is 11.2. The van der Waals surface area contributed by atoms with Crippen molar-refractivity contribution in [1.29, 1.82) is 0 Å². The summed E-state index contributed by atoms with van der Waals surface area (Å²) in [6.07, 6.45) is 3.92. The van der Waals surface area contributed by atoms with Crippen LogP contribution < -0.4 is 10.1 Å². The minimum Gasteiger partial charge on any atom is -0.487 e. The van der Waals surface area contributed by atoms with E-state index < -0.39 is 11.6 Å². The van der Waals surface area contributed by atoms with Crippen LogP contribution in [0.3, 0.4) is 0 Å². The molecular weight excluding hydrogens is 262 g/mol. The molecule has 0 aliphatic heterocycles. The molecule has 0 aliphatic carbocycles. The average molecular weight is 278 g/mol. The Morgan fingerprint density at radius 3 is 2.55 bits per heavy atom. The highest BCUT2D eigenvalue weighted by Gasteiger charge is 2.12. The summed E-state index contributed by atoms with van der Waals surface area (Å²) in [7, 11) is 1.72. The van der Waals surface area contributed by atoms with Gasteiger partial charge in [-0.3, -0.25) is 4.98 Å². The van der Waals surface area contributed by atoms with Crippen LogP contribution in [0.15, 0.2) is 36.7 Å². The fourth-order valence-electron chi connectivity index (χ4n) is 1.87. The molecule has 1 heterocycles. The van der Waals surface area contributed by atoms with Crippen LogP contribution in [0.5, 0.6) is 5.75 Å². The van der Waals surface area contributed by atoms with Crippen LogP contribution in [0.2, 0.25) is 0 Å². The van der Waals surface area contributed by atoms with Gasteiger partial charge in [0.2, 0.25) is 0 Å². The first kappa shape index (κ1) is 14.4. The number of pyridine rings is 1. The number of nitrogens with zero attached hydrogens (tertiary/aromatic N) is 1. The number of rotatable bonds is 6.